The van der Waals surface area contributed by atoms with Gasteiger partial charge in [0.15, 0.2) is 0 Å². The Morgan fingerprint density at radius 3 is 2.84 bits per heavy atom. The number of nitrogens with two attached hydrogens (primary N) is 1. The van der Waals surface area contributed by atoms with Gasteiger partial charge in [0.1, 0.15) is 5.76 Å². The van der Waals surface area contributed by atoms with Crippen molar-refractivity contribution in [1.82, 2.24) is 0 Å². The van der Waals surface area contributed by atoms with Gasteiger partial charge in [-0.05, 0) is 31.2 Å². The van der Waals surface area contributed by atoms with Gasteiger partial charge in [-0.25, -0.2) is 4.79 Å². The monoisotopic (exact) mass is 297 g/mol. The van der Waals surface area contributed by atoms with Crippen molar-refractivity contribution in [3.8, 4) is 0 Å². The maximum Gasteiger partial charge on any atom is 0.372 e. The lowest BCUT2D eigenvalue weighted by Gasteiger charge is -2.04. The Morgan fingerprint density at radius 1 is 1.47 bits per heavy atom. The summed E-state index contributed by atoms with van der Waals surface area (Å²) in [5, 5.41) is 9.52. The molecule has 0 atom stereocenters. The SMILES string of the molecule is Cc1cc(CSc2cc(Cl)ccc2N)oc1C(=O)O. The number of benzene rings is 1. The number of halogens is 1. The molecule has 0 aliphatic heterocycles. The predicted molar refractivity (Wildman–Crippen MR) is 75.8 cm³/mol. The Hall–Kier alpha value is -1.59. The van der Waals surface area contributed by atoms with Crippen molar-refractivity contribution in [2.45, 2.75) is 17.6 Å². The Bertz CT molecular complexity index is 624. The molecule has 0 radical (unpaired) electrons. The third kappa shape index (κ3) is 3.24. The van der Waals surface area contributed by atoms with E-state index in [4.69, 9.17) is 26.9 Å². The number of anilines is 1. The summed E-state index contributed by atoms with van der Waals surface area (Å²) in [6.07, 6.45) is 0. The van der Waals surface area contributed by atoms with E-state index in [1.807, 2.05) is 0 Å². The van der Waals surface area contributed by atoms with Crippen molar-refractivity contribution in [3.63, 3.8) is 0 Å². The first-order chi connectivity index (χ1) is 8.97. The second-order valence-corrected chi connectivity index (χ2v) is 5.45. The van der Waals surface area contributed by atoms with Crippen molar-refractivity contribution in [1.29, 1.82) is 0 Å². The number of thioether (sulfide) groups is 1. The zero-order chi connectivity index (χ0) is 14.0. The molecule has 0 bridgehead atoms. The van der Waals surface area contributed by atoms with Crippen LogP contribution in [0.25, 0.3) is 0 Å². The fourth-order valence-electron chi connectivity index (χ4n) is 1.61. The molecule has 2 rings (SSSR count). The molecule has 0 fully saturated rings. The number of hydrogen-bond acceptors (Lipinski definition) is 4. The van der Waals surface area contributed by atoms with Crippen LogP contribution < -0.4 is 5.73 Å². The van der Waals surface area contributed by atoms with Gasteiger partial charge < -0.3 is 15.3 Å². The normalized spacial score (nSPS) is 10.6. The molecule has 0 saturated carbocycles. The minimum Gasteiger partial charge on any atom is -0.475 e. The maximum absolute atomic E-state index is 10.9. The highest BCUT2D eigenvalue weighted by atomic mass is 35.5. The largest absolute Gasteiger partial charge is 0.475 e. The third-order valence-corrected chi connectivity index (χ3v) is 3.84. The van der Waals surface area contributed by atoms with Crippen LogP contribution in [0.5, 0.6) is 0 Å². The first-order valence-corrected chi connectivity index (χ1v) is 6.84. The van der Waals surface area contributed by atoms with Crippen LogP contribution in [0.1, 0.15) is 21.9 Å². The van der Waals surface area contributed by atoms with Gasteiger partial charge >= 0.3 is 5.97 Å². The lowest BCUT2D eigenvalue weighted by molar-refractivity contribution is 0.0659. The molecule has 0 aliphatic carbocycles. The van der Waals surface area contributed by atoms with E-state index in [1.54, 1.807) is 31.2 Å². The van der Waals surface area contributed by atoms with Gasteiger partial charge in [0.2, 0.25) is 5.76 Å². The summed E-state index contributed by atoms with van der Waals surface area (Å²) in [5.41, 5.74) is 7.08. The molecule has 4 nitrogen and oxygen atoms in total. The molecule has 0 spiro atoms. The molecular weight excluding hydrogens is 286 g/mol. The number of carbonyl (C=O) groups is 1. The van der Waals surface area contributed by atoms with E-state index in [1.165, 1.54) is 11.8 Å². The quantitative estimate of drug-likeness (QED) is 0.663. The van der Waals surface area contributed by atoms with Crippen molar-refractivity contribution >= 4 is 35.0 Å². The molecule has 0 saturated heterocycles. The molecule has 3 N–H and O–H groups in total. The number of carboxylic acid groups (broad SMARTS) is 1. The van der Waals surface area contributed by atoms with Crippen molar-refractivity contribution in [2.75, 3.05) is 5.73 Å². The number of rotatable bonds is 4. The molecular formula is C13H12ClNO3S. The summed E-state index contributed by atoms with van der Waals surface area (Å²) in [6.45, 7) is 1.70. The molecule has 0 unspecified atom stereocenters. The Morgan fingerprint density at radius 2 is 2.21 bits per heavy atom. The molecule has 100 valence electrons. The van der Waals surface area contributed by atoms with Crippen LogP contribution >= 0.6 is 23.4 Å². The molecule has 1 heterocycles. The highest BCUT2D eigenvalue weighted by Crippen LogP contribution is 2.31. The first kappa shape index (κ1) is 13.8. The van der Waals surface area contributed by atoms with E-state index in [0.29, 0.717) is 27.8 Å². The van der Waals surface area contributed by atoms with E-state index in [2.05, 4.69) is 0 Å². The average Bonchev–Trinajstić information content (AvgIpc) is 2.72. The maximum atomic E-state index is 10.9. The topological polar surface area (TPSA) is 76.5 Å². The average molecular weight is 298 g/mol. The molecule has 2 aromatic rings. The summed E-state index contributed by atoms with van der Waals surface area (Å²) >= 11 is 7.35. The van der Waals surface area contributed by atoms with Crippen LogP contribution in [0, 0.1) is 6.92 Å². The first-order valence-electron chi connectivity index (χ1n) is 5.48. The fourth-order valence-corrected chi connectivity index (χ4v) is 2.74. The number of furan rings is 1. The minimum atomic E-state index is -1.06. The van der Waals surface area contributed by atoms with Crippen molar-refractivity contribution < 1.29 is 14.3 Å². The molecule has 19 heavy (non-hydrogen) atoms. The smallest absolute Gasteiger partial charge is 0.372 e. The molecule has 1 aromatic carbocycles. The van der Waals surface area contributed by atoms with Crippen molar-refractivity contribution in [2.24, 2.45) is 0 Å². The minimum absolute atomic E-state index is 0.0188. The van der Waals surface area contributed by atoms with Gasteiger partial charge in [0.25, 0.3) is 0 Å². The zero-order valence-electron chi connectivity index (χ0n) is 10.1. The number of aromatic carboxylic acids is 1. The van der Waals surface area contributed by atoms with Crippen LogP contribution in [0.4, 0.5) is 5.69 Å². The van der Waals surface area contributed by atoms with Gasteiger partial charge in [-0.15, -0.1) is 11.8 Å². The van der Waals surface area contributed by atoms with Gasteiger partial charge in [-0.1, -0.05) is 11.6 Å². The van der Waals surface area contributed by atoms with Gasteiger partial charge in [0, 0.05) is 21.2 Å². The van der Waals surface area contributed by atoms with Crippen LogP contribution in [0.3, 0.4) is 0 Å². The summed E-state index contributed by atoms with van der Waals surface area (Å²) < 4.78 is 5.27. The molecule has 1 aromatic heterocycles. The Kier molecular flexibility index (Phi) is 4.07. The summed E-state index contributed by atoms with van der Waals surface area (Å²) in [6, 6.07) is 6.95. The molecule has 0 aliphatic rings. The number of aryl methyl sites for hydroxylation is 1. The van der Waals surface area contributed by atoms with E-state index >= 15 is 0 Å². The second-order valence-electron chi connectivity index (χ2n) is 4.00. The zero-order valence-corrected chi connectivity index (χ0v) is 11.7. The summed E-state index contributed by atoms with van der Waals surface area (Å²) in [5.74, 6) is 0.0172. The van der Waals surface area contributed by atoms with Crippen LogP contribution in [-0.2, 0) is 5.75 Å². The number of carboxylic acids is 1. The van der Waals surface area contributed by atoms with Crippen LogP contribution in [0.2, 0.25) is 5.02 Å². The standard InChI is InChI=1S/C13H12ClNO3S/c1-7-4-9(18-12(7)13(16)17)6-19-11-5-8(14)2-3-10(11)15/h2-5H,6,15H2,1H3,(H,16,17). The fraction of sp³-hybridized carbons (Fsp3) is 0.154. The molecule has 0 amide bonds. The second kappa shape index (κ2) is 5.59. The van der Waals surface area contributed by atoms with Gasteiger partial charge in [0.05, 0.1) is 5.75 Å². The highest BCUT2D eigenvalue weighted by Gasteiger charge is 2.14. The van der Waals surface area contributed by atoms with Crippen LogP contribution in [-0.4, -0.2) is 11.1 Å². The van der Waals surface area contributed by atoms with E-state index in [9.17, 15) is 4.79 Å². The van der Waals surface area contributed by atoms with E-state index in [0.717, 1.165) is 4.90 Å². The lowest BCUT2D eigenvalue weighted by atomic mass is 10.3. The number of nitrogen functional groups attached to an aromatic ring is 1. The highest BCUT2D eigenvalue weighted by molar-refractivity contribution is 7.98. The third-order valence-electron chi connectivity index (χ3n) is 2.51. The van der Waals surface area contributed by atoms with Gasteiger partial charge in [-0.3, -0.25) is 0 Å². The van der Waals surface area contributed by atoms with Crippen molar-refractivity contribution in [3.05, 3.63) is 46.4 Å². The van der Waals surface area contributed by atoms with Gasteiger partial charge in [-0.2, -0.15) is 0 Å². The predicted octanol–water partition coefficient (Wildman–Crippen LogP) is 3.81. The van der Waals surface area contributed by atoms with E-state index < -0.39 is 5.97 Å². The van der Waals surface area contributed by atoms with E-state index in [-0.39, 0.29) is 5.76 Å². The lowest BCUT2D eigenvalue weighted by Crippen LogP contribution is -1.94. The molecule has 6 heteroatoms. The summed E-state index contributed by atoms with van der Waals surface area (Å²) in [4.78, 5) is 11.7. The number of hydrogen-bond donors (Lipinski definition) is 2. The summed E-state index contributed by atoms with van der Waals surface area (Å²) in [7, 11) is 0. The Labute approximate surface area is 119 Å². The Balaban J connectivity index is 2.12. The van der Waals surface area contributed by atoms with Crippen LogP contribution in [0.15, 0.2) is 33.6 Å².